The molecule has 0 bridgehead atoms. The van der Waals surface area contributed by atoms with Crippen molar-refractivity contribution in [2.75, 3.05) is 13.1 Å². The van der Waals surface area contributed by atoms with Crippen LogP contribution in [0.2, 0.25) is 0 Å². The Morgan fingerprint density at radius 3 is 2.76 bits per heavy atom. The molecule has 1 N–H and O–H groups in total. The first-order chi connectivity index (χ1) is 8.25. The van der Waals surface area contributed by atoms with E-state index in [4.69, 9.17) is 4.84 Å². The van der Waals surface area contributed by atoms with Gasteiger partial charge >= 0.3 is 0 Å². The van der Waals surface area contributed by atoms with Crippen LogP contribution in [0.3, 0.4) is 0 Å². The molecule has 0 radical (unpaired) electrons. The normalized spacial score (nSPS) is 21.2. The summed E-state index contributed by atoms with van der Waals surface area (Å²) in [6, 6.07) is 11.4. The standard InChI is InChI=1S/C14H22N2O/c1-12(2)16-9-8-14(10-16)15-17-11-13-6-4-3-5-7-13/h3-7,12,14-15H,8-11H2,1-2H3. The van der Waals surface area contributed by atoms with E-state index >= 15 is 0 Å². The van der Waals surface area contributed by atoms with E-state index in [0.29, 0.717) is 18.7 Å². The number of benzene rings is 1. The third-order valence-electron chi connectivity index (χ3n) is 3.28. The highest BCUT2D eigenvalue weighted by Gasteiger charge is 2.23. The van der Waals surface area contributed by atoms with Gasteiger partial charge in [0, 0.05) is 25.2 Å². The molecule has 1 unspecified atom stereocenters. The van der Waals surface area contributed by atoms with Crippen LogP contribution >= 0.6 is 0 Å². The molecule has 0 aromatic heterocycles. The molecule has 0 saturated carbocycles. The van der Waals surface area contributed by atoms with Crippen molar-refractivity contribution in [2.24, 2.45) is 0 Å². The van der Waals surface area contributed by atoms with Crippen molar-refractivity contribution < 1.29 is 4.84 Å². The molecule has 3 nitrogen and oxygen atoms in total. The summed E-state index contributed by atoms with van der Waals surface area (Å²) in [5.41, 5.74) is 4.38. The average molecular weight is 234 g/mol. The Labute approximate surface area is 104 Å². The van der Waals surface area contributed by atoms with Gasteiger partial charge in [-0.15, -0.1) is 0 Å². The van der Waals surface area contributed by atoms with Gasteiger partial charge in [-0.05, 0) is 25.8 Å². The van der Waals surface area contributed by atoms with Crippen LogP contribution in [-0.2, 0) is 11.4 Å². The van der Waals surface area contributed by atoms with Crippen LogP contribution in [0.25, 0.3) is 0 Å². The van der Waals surface area contributed by atoms with Gasteiger partial charge in [-0.25, -0.2) is 0 Å². The van der Waals surface area contributed by atoms with E-state index in [1.165, 1.54) is 18.5 Å². The summed E-state index contributed by atoms with van der Waals surface area (Å²) >= 11 is 0. The summed E-state index contributed by atoms with van der Waals surface area (Å²) in [7, 11) is 0. The maximum Gasteiger partial charge on any atom is 0.0933 e. The molecule has 1 aromatic rings. The summed E-state index contributed by atoms with van der Waals surface area (Å²) in [6.07, 6.45) is 1.17. The van der Waals surface area contributed by atoms with Crippen LogP contribution in [-0.4, -0.2) is 30.1 Å². The molecule has 1 aliphatic heterocycles. The summed E-state index contributed by atoms with van der Waals surface area (Å²) < 4.78 is 0. The maximum absolute atomic E-state index is 5.56. The van der Waals surface area contributed by atoms with Gasteiger partial charge in [0.25, 0.3) is 0 Å². The third-order valence-corrected chi connectivity index (χ3v) is 3.28. The van der Waals surface area contributed by atoms with Crippen LogP contribution in [0.15, 0.2) is 30.3 Å². The quantitative estimate of drug-likeness (QED) is 0.790. The third kappa shape index (κ3) is 3.80. The molecule has 17 heavy (non-hydrogen) atoms. The van der Waals surface area contributed by atoms with Crippen molar-refractivity contribution in [2.45, 2.75) is 39.0 Å². The van der Waals surface area contributed by atoms with Crippen LogP contribution in [0.1, 0.15) is 25.8 Å². The Morgan fingerprint density at radius 1 is 1.35 bits per heavy atom. The molecule has 1 fully saturated rings. The number of nitrogens with zero attached hydrogens (tertiary/aromatic N) is 1. The van der Waals surface area contributed by atoms with E-state index in [0.717, 1.165) is 6.54 Å². The molecule has 0 amide bonds. The monoisotopic (exact) mass is 234 g/mol. The van der Waals surface area contributed by atoms with Crippen molar-refractivity contribution in [3.63, 3.8) is 0 Å². The fraction of sp³-hybridized carbons (Fsp3) is 0.571. The molecule has 0 aliphatic carbocycles. The Hall–Kier alpha value is -0.900. The Balaban J connectivity index is 1.67. The zero-order valence-corrected chi connectivity index (χ0v) is 10.7. The first-order valence-corrected chi connectivity index (χ1v) is 6.41. The van der Waals surface area contributed by atoms with E-state index in [9.17, 15) is 0 Å². The van der Waals surface area contributed by atoms with Crippen molar-refractivity contribution >= 4 is 0 Å². The lowest BCUT2D eigenvalue weighted by Crippen LogP contribution is -2.35. The smallest absolute Gasteiger partial charge is 0.0933 e. The molecule has 1 heterocycles. The Kier molecular flexibility index (Phi) is 4.54. The molecule has 0 spiro atoms. The molecule has 1 atom stereocenters. The molecular weight excluding hydrogens is 212 g/mol. The number of hydrogen-bond donors (Lipinski definition) is 1. The second-order valence-corrected chi connectivity index (χ2v) is 4.97. The van der Waals surface area contributed by atoms with Gasteiger partial charge in [0.1, 0.15) is 0 Å². The van der Waals surface area contributed by atoms with E-state index in [1.807, 2.05) is 18.2 Å². The lowest BCUT2D eigenvalue weighted by atomic mass is 10.2. The highest BCUT2D eigenvalue weighted by Crippen LogP contribution is 2.12. The molecule has 1 aliphatic rings. The minimum atomic E-state index is 0.473. The summed E-state index contributed by atoms with van der Waals surface area (Å²) in [6.45, 7) is 7.38. The predicted octanol–water partition coefficient (Wildman–Crippen LogP) is 2.19. The molecular formula is C14H22N2O. The summed E-state index contributed by atoms with van der Waals surface area (Å²) in [4.78, 5) is 8.03. The van der Waals surface area contributed by atoms with Gasteiger partial charge in [0.05, 0.1) is 6.61 Å². The minimum absolute atomic E-state index is 0.473. The van der Waals surface area contributed by atoms with Crippen molar-refractivity contribution in [1.29, 1.82) is 0 Å². The zero-order chi connectivity index (χ0) is 12.1. The van der Waals surface area contributed by atoms with E-state index in [1.54, 1.807) is 0 Å². The second kappa shape index (κ2) is 6.15. The molecule has 94 valence electrons. The van der Waals surface area contributed by atoms with Crippen LogP contribution in [0.5, 0.6) is 0 Å². The molecule has 1 aromatic carbocycles. The van der Waals surface area contributed by atoms with Crippen molar-refractivity contribution in [1.82, 2.24) is 10.4 Å². The molecule has 3 heteroatoms. The fourth-order valence-electron chi connectivity index (χ4n) is 2.17. The van der Waals surface area contributed by atoms with E-state index in [-0.39, 0.29) is 0 Å². The predicted molar refractivity (Wildman–Crippen MR) is 69.5 cm³/mol. The number of likely N-dealkylation sites (tertiary alicyclic amines) is 1. The molecule has 2 rings (SSSR count). The number of hydrogen-bond acceptors (Lipinski definition) is 3. The highest BCUT2D eigenvalue weighted by atomic mass is 16.6. The lowest BCUT2D eigenvalue weighted by molar-refractivity contribution is 0.00514. The lowest BCUT2D eigenvalue weighted by Gasteiger charge is -2.20. The van der Waals surface area contributed by atoms with Crippen molar-refractivity contribution in [3.8, 4) is 0 Å². The number of nitrogens with one attached hydrogen (secondary N) is 1. The fourth-order valence-corrected chi connectivity index (χ4v) is 2.17. The Bertz CT molecular complexity index is 326. The van der Waals surface area contributed by atoms with Gasteiger partial charge in [-0.1, -0.05) is 30.3 Å². The molecule has 1 saturated heterocycles. The average Bonchev–Trinajstić information content (AvgIpc) is 2.79. The second-order valence-electron chi connectivity index (χ2n) is 4.97. The number of hydroxylamine groups is 1. The summed E-state index contributed by atoms with van der Waals surface area (Å²) in [5.74, 6) is 0. The van der Waals surface area contributed by atoms with Gasteiger partial charge in [0.15, 0.2) is 0 Å². The van der Waals surface area contributed by atoms with Crippen LogP contribution < -0.4 is 5.48 Å². The van der Waals surface area contributed by atoms with Gasteiger partial charge in [-0.2, -0.15) is 5.48 Å². The number of rotatable bonds is 5. The van der Waals surface area contributed by atoms with Crippen LogP contribution in [0.4, 0.5) is 0 Å². The van der Waals surface area contributed by atoms with Gasteiger partial charge in [0.2, 0.25) is 0 Å². The maximum atomic E-state index is 5.56. The largest absolute Gasteiger partial charge is 0.299 e. The Morgan fingerprint density at radius 2 is 2.12 bits per heavy atom. The first-order valence-electron chi connectivity index (χ1n) is 6.41. The zero-order valence-electron chi connectivity index (χ0n) is 10.7. The van der Waals surface area contributed by atoms with E-state index < -0.39 is 0 Å². The van der Waals surface area contributed by atoms with Gasteiger partial charge in [-0.3, -0.25) is 9.74 Å². The minimum Gasteiger partial charge on any atom is -0.299 e. The first kappa shape index (κ1) is 12.6. The topological polar surface area (TPSA) is 24.5 Å². The SMILES string of the molecule is CC(C)N1CCC(NOCc2ccccc2)C1. The van der Waals surface area contributed by atoms with Gasteiger partial charge < -0.3 is 0 Å². The van der Waals surface area contributed by atoms with Crippen molar-refractivity contribution in [3.05, 3.63) is 35.9 Å². The van der Waals surface area contributed by atoms with E-state index in [2.05, 4.69) is 36.4 Å². The summed E-state index contributed by atoms with van der Waals surface area (Å²) in [5, 5.41) is 0. The highest BCUT2D eigenvalue weighted by molar-refractivity contribution is 5.13. The van der Waals surface area contributed by atoms with Crippen LogP contribution in [0, 0.1) is 0 Å².